The molecule has 1 heterocycles. The van der Waals surface area contributed by atoms with Crippen LogP contribution in [0.15, 0.2) is 36.7 Å². The van der Waals surface area contributed by atoms with Gasteiger partial charge in [-0.3, -0.25) is 4.98 Å². The first kappa shape index (κ1) is 17.3. The molecule has 2 aromatic rings. The Bertz CT molecular complexity index is 853. The van der Waals surface area contributed by atoms with Crippen LogP contribution in [0.4, 0.5) is 4.39 Å². The highest BCUT2D eigenvalue weighted by atomic mass is 35.5. The summed E-state index contributed by atoms with van der Waals surface area (Å²) in [5.41, 5.74) is 2.33. The van der Waals surface area contributed by atoms with Crippen LogP contribution < -0.4 is 4.72 Å². The quantitative estimate of drug-likeness (QED) is 0.840. The molecule has 1 aromatic carbocycles. The Morgan fingerprint density at radius 1 is 1.29 bits per heavy atom. The fraction of sp³-hybridized carbons (Fsp3) is 0.353. The molecule has 1 saturated carbocycles. The molecule has 4 nitrogen and oxygen atoms in total. The van der Waals surface area contributed by atoms with Crippen molar-refractivity contribution >= 4 is 21.6 Å². The van der Waals surface area contributed by atoms with Crippen molar-refractivity contribution in [3.8, 4) is 11.1 Å². The van der Waals surface area contributed by atoms with E-state index in [9.17, 15) is 12.8 Å². The Labute approximate surface area is 146 Å². The molecule has 3 rings (SSSR count). The number of pyridine rings is 1. The summed E-state index contributed by atoms with van der Waals surface area (Å²) in [6.07, 6.45) is 5.31. The average molecular weight is 369 g/mol. The third kappa shape index (κ3) is 3.94. The molecule has 7 heteroatoms. The van der Waals surface area contributed by atoms with Gasteiger partial charge in [0.1, 0.15) is 5.82 Å². The molecule has 0 aliphatic heterocycles. The monoisotopic (exact) mass is 368 g/mol. The van der Waals surface area contributed by atoms with Crippen molar-refractivity contribution in [1.82, 2.24) is 9.71 Å². The van der Waals surface area contributed by atoms with Gasteiger partial charge >= 0.3 is 0 Å². The van der Waals surface area contributed by atoms with Crippen LogP contribution in [-0.4, -0.2) is 19.2 Å². The van der Waals surface area contributed by atoms with Crippen LogP contribution in [0.25, 0.3) is 11.1 Å². The summed E-state index contributed by atoms with van der Waals surface area (Å²) < 4.78 is 40.0. The van der Waals surface area contributed by atoms with Crippen molar-refractivity contribution in [3.05, 3.63) is 53.1 Å². The number of nitrogens with zero attached hydrogens (tertiary/aromatic N) is 1. The molecule has 1 fully saturated rings. The third-order valence-corrected chi connectivity index (χ3v) is 5.81. The summed E-state index contributed by atoms with van der Waals surface area (Å²) in [7, 11) is -3.31. The SMILES string of the molecule is CCS(=O)(=O)NC(c1cncc(-c2ccc(F)c(Cl)c2)c1)C1CC1. The highest BCUT2D eigenvalue weighted by Crippen LogP contribution is 2.42. The second-order valence-corrected chi connectivity index (χ2v) is 8.42. The fourth-order valence-corrected chi connectivity index (χ4v) is 3.67. The van der Waals surface area contributed by atoms with E-state index in [0.29, 0.717) is 5.92 Å². The molecule has 0 amide bonds. The smallest absolute Gasteiger partial charge is 0.211 e. The Hall–Kier alpha value is -1.50. The van der Waals surface area contributed by atoms with Gasteiger partial charge in [0.25, 0.3) is 0 Å². The molecule has 1 aliphatic carbocycles. The first-order chi connectivity index (χ1) is 11.4. The lowest BCUT2D eigenvalue weighted by molar-refractivity contribution is 0.529. The second-order valence-electron chi connectivity index (χ2n) is 5.97. The van der Waals surface area contributed by atoms with E-state index in [1.807, 2.05) is 6.07 Å². The first-order valence-corrected chi connectivity index (χ1v) is 9.83. The van der Waals surface area contributed by atoms with E-state index in [2.05, 4.69) is 9.71 Å². The second kappa shape index (κ2) is 6.78. The highest BCUT2D eigenvalue weighted by molar-refractivity contribution is 7.89. The molecule has 0 saturated heterocycles. The van der Waals surface area contributed by atoms with Crippen LogP contribution >= 0.6 is 11.6 Å². The molecule has 1 N–H and O–H groups in total. The average Bonchev–Trinajstić information content (AvgIpc) is 3.40. The van der Waals surface area contributed by atoms with E-state index in [-0.39, 0.29) is 16.8 Å². The molecule has 24 heavy (non-hydrogen) atoms. The minimum atomic E-state index is -3.31. The van der Waals surface area contributed by atoms with Gasteiger partial charge in [0.2, 0.25) is 10.0 Å². The number of halogens is 2. The summed E-state index contributed by atoms with van der Waals surface area (Å²) in [6, 6.07) is 6.09. The van der Waals surface area contributed by atoms with E-state index in [1.165, 1.54) is 6.07 Å². The predicted octanol–water partition coefficient (Wildman–Crippen LogP) is 3.93. The summed E-state index contributed by atoms with van der Waals surface area (Å²) in [6.45, 7) is 1.61. The standard InChI is InChI=1S/C17H18ClFN2O2S/c1-2-24(22,23)21-17(11-3-4-11)14-7-13(9-20-10-14)12-5-6-16(19)15(18)8-12/h5-11,17,21H,2-4H2,1H3. The van der Waals surface area contributed by atoms with Crippen LogP contribution in [-0.2, 0) is 10.0 Å². The summed E-state index contributed by atoms with van der Waals surface area (Å²) in [5.74, 6) is -0.145. The lowest BCUT2D eigenvalue weighted by Crippen LogP contribution is -2.31. The van der Waals surface area contributed by atoms with Crippen molar-refractivity contribution in [1.29, 1.82) is 0 Å². The maximum absolute atomic E-state index is 13.3. The minimum absolute atomic E-state index is 0.0386. The Kier molecular flexibility index (Phi) is 4.90. The van der Waals surface area contributed by atoms with Crippen LogP contribution in [0.2, 0.25) is 5.02 Å². The summed E-state index contributed by atoms with van der Waals surface area (Å²) in [4.78, 5) is 4.23. The molecule has 1 aromatic heterocycles. The molecular formula is C17H18ClFN2O2S. The topological polar surface area (TPSA) is 59.1 Å². The zero-order valence-corrected chi connectivity index (χ0v) is 14.7. The van der Waals surface area contributed by atoms with E-state index in [4.69, 9.17) is 11.6 Å². The Morgan fingerprint density at radius 3 is 2.67 bits per heavy atom. The number of hydrogen-bond acceptors (Lipinski definition) is 3. The lowest BCUT2D eigenvalue weighted by atomic mass is 10.0. The van der Waals surface area contributed by atoms with Gasteiger partial charge in [0, 0.05) is 18.0 Å². The molecule has 1 aliphatic rings. The number of sulfonamides is 1. The van der Waals surface area contributed by atoms with Gasteiger partial charge in [0.05, 0.1) is 16.8 Å². The van der Waals surface area contributed by atoms with Gasteiger partial charge in [-0.05, 0) is 55.0 Å². The van der Waals surface area contributed by atoms with E-state index < -0.39 is 15.8 Å². The van der Waals surface area contributed by atoms with Gasteiger partial charge in [-0.2, -0.15) is 0 Å². The van der Waals surface area contributed by atoms with Crippen LogP contribution in [0.3, 0.4) is 0 Å². The molecular weight excluding hydrogens is 351 g/mol. The van der Waals surface area contributed by atoms with Crippen molar-refractivity contribution in [2.45, 2.75) is 25.8 Å². The Balaban J connectivity index is 1.94. The highest BCUT2D eigenvalue weighted by Gasteiger charge is 2.35. The maximum atomic E-state index is 13.3. The zero-order valence-electron chi connectivity index (χ0n) is 13.2. The van der Waals surface area contributed by atoms with Crippen LogP contribution in [0.1, 0.15) is 31.4 Å². The van der Waals surface area contributed by atoms with Gasteiger partial charge in [-0.15, -0.1) is 0 Å². The number of aromatic nitrogens is 1. The molecule has 0 spiro atoms. The maximum Gasteiger partial charge on any atom is 0.211 e. The molecule has 128 valence electrons. The van der Waals surface area contributed by atoms with Crippen molar-refractivity contribution in [2.75, 3.05) is 5.75 Å². The van der Waals surface area contributed by atoms with Gasteiger partial charge < -0.3 is 0 Å². The van der Waals surface area contributed by atoms with E-state index >= 15 is 0 Å². The summed E-state index contributed by atoms with van der Waals surface area (Å²) >= 11 is 5.85. The molecule has 0 radical (unpaired) electrons. The molecule has 1 unspecified atom stereocenters. The van der Waals surface area contributed by atoms with Crippen molar-refractivity contribution in [3.63, 3.8) is 0 Å². The summed E-state index contributed by atoms with van der Waals surface area (Å²) in [5, 5.41) is 0.0448. The molecule has 1 atom stereocenters. The number of hydrogen-bond donors (Lipinski definition) is 1. The molecule has 0 bridgehead atoms. The first-order valence-electron chi connectivity index (χ1n) is 7.80. The predicted molar refractivity (Wildman–Crippen MR) is 92.7 cm³/mol. The normalized spacial score (nSPS) is 16.1. The number of benzene rings is 1. The van der Waals surface area contributed by atoms with Gasteiger partial charge in [0.15, 0.2) is 0 Å². The van der Waals surface area contributed by atoms with Crippen molar-refractivity contribution < 1.29 is 12.8 Å². The van der Waals surface area contributed by atoms with Gasteiger partial charge in [-0.25, -0.2) is 17.5 Å². The number of rotatable bonds is 6. The minimum Gasteiger partial charge on any atom is -0.264 e. The van der Waals surface area contributed by atoms with E-state index in [1.54, 1.807) is 31.5 Å². The zero-order chi connectivity index (χ0) is 17.3. The van der Waals surface area contributed by atoms with Crippen LogP contribution in [0.5, 0.6) is 0 Å². The van der Waals surface area contributed by atoms with Crippen LogP contribution in [0, 0.1) is 11.7 Å². The van der Waals surface area contributed by atoms with Crippen molar-refractivity contribution in [2.24, 2.45) is 5.92 Å². The fourth-order valence-electron chi connectivity index (χ4n) is 2.60. The largest absolute Gasteiger partial charge is 0.264 e. The lowest BCUT2D eigenvalue weighted by Gasteiger charge is -2.18. The van der Waals surface area contributed by atoms with Gasteiger partial charge in [-0.1, -0.05) is 17.7 Å². The third-order valence-electron chi connectivity index (χ3n) is 4.15. The number of nitrogens with one attached hydrogen (secondary N) is 1. The Morgan fingerprint density at radius 2 is 2.04 bits per heavy atom. The van der Waals surface area contributed by atoms with E-state index in [0.717, 1.165) is 29.5 Å².